The number of benzene rings is 1. The summed E-state index contributed by atoms with van der Waals surface area (Å²) in [6, 6.07) is 5.87. The number of nitrogens with zero attached hydrogens (tertiary/aromatic N) is 2. The van der Waals surface area contributed by atoms with Crippen molar-refractivity contribution in [2.75, 3.05) is 18.0 Å². The van der Waals surface area contributed by atoms with Crippen molar-refractivity contribution in [1.29, 1.82) is 0 Å². The highest BCUT2D eigenvalue weighted by molar-refractivity contribution is 9.10. The molecule has 4 nitrogen and oxygen atoms in total. The molecule has 0 saturated heterocycles. The van der Waals surface area contributed by atoms with Crippen LogP contribution >= 0.6 is 15.9 Å². The normalized spacial score (nSPS) is 13.4. The minimum Gasteiger partial charge on any atom is -0.409 e. The largest absolute Gasteiger partial charge is 0.409 e. The molecule has 0 aliphatic heterocycles. The molecule has 1 aromatic rings. The van der Waals surface area contributed by atoms with Crippen molar-refractivity contribution in [3.05, 3.63) is 28.2 Å². The molecule has 0 saturated carbocycles. The van der Waals surface area contributed by atoms with Gasteiger partial charge in [-0.25, -0.2) is 0 Å². The molecular weight excluding hydrogens is 306 g/mol. The number of hydrogen-bond acceptors (Lipinski definition) is 3. The van der Waals surface area contributed by atoms with Gasteiger partial charge in [-0.1, -0.05) is 31.5 Å². The van der Waals surface area contributed by atoms with Gasteiger partial charge in [-0.2, -0.15) is 0 Å². The van der Waals surface area contributed by atoms with E-state index in [1.807, 2.05) is 18.2 Å². The average Bonchev–Trinajstić information content (AvgIpc) is 2.43. The Balaban J connectivity index is 3.20. The van der Waals surface area contributed by atoms with Gasteiger partial charge in [0.25, 0.3) is 0 Å². The Morgan fingerprint density at radius 1 is 1.47 bits per heavy atom. The summed E-state index contributed by atoms with van der Waals surface area (Å²) in [5, 5.41) is 12.1. The van der Waals surface area contributed by atoms with Crippen LogP contribution in [0.1, 0.15) is 32.8 Å². The van der Waals surface area contributed by atoms with Crippen molar-refractivity contribution in [3.8, 4) is 0 Å². The molecule has 0 bridgehead atoms. The van der Waals surface area contributed by atoms with E-state index in [1.165, 1.54) is 0 Å². The van der Waals surface area contributed by atoms with Gasteiger partial charge in [0.05, 0.1) is 5.56 Å². The molecule has 0 fully saturated rings. The number of rotatable bonds is 6. The zero-order valence-corrected chi connectivity index (χ0v) is 13.3. The van der Waals surface area contributed by atoms with Gasteiger partial charge in [0.1, 0.15) is 0 Å². The lowest BCUT2D eigenvalue weighted by Crippen LogP contribution is -2.30. The monoisotopic (exact) mass is 327 g/mol. The molecule has 1 rings (SSSR count). The number of halogens is 1. The van der Waals surface area contributed by atoms with E-state index < -0.39 is 0 Å². The van der Waals surface area contributed by atoms with E-state index in [-0.39, 0.29) is 5.84 Å². The number of hydrogen-bond donors (Lipinski definition) is 2. The van der Waals surface area contributed by atoms with Gasteiger partial charge in [0, 0.05) is 23.2 Å². The summed E-state index contributed by atoms with van der Waals surface area (Å²) in [7, 11) is 0. The van der Waals surface area contributed by atoms with Crippen LogP contribution in [0.25, 0.3) is 0 Å². The van der Waals surface area contributed by atoms with E-state index in [4.69, 9.17) is 10.9 Å². The van der Waals surface area contributed by atoms with Crippen LogP contribution in [-0.4, -0.2) is 24.1 Å². The van der Waals surface area contributed by atoms with Crippen LogP contribution < -0.4 is 10.6 Å². The Morgan fingerprint density at radius 2 is 2.16 bits per heavy atom. The minimum absolute atomic E-state index is 0.130. The summed E-state index contributed by atoms with van der Waals surface area (Å²) in [4.78, 5) is 2.26. The molecule has 0 aliphatic rings. The van der Waals surface area contributed by atoms with Gasteiger partial charge in [-0.15, -0.1) is 0 Å². The average molecular weight is 328 g/mol. The zero-order chi connectivity index (χ0) is 14.4. The molecule has 1 aromatic carbocycles. The third kappa shape index (κ3) is 3.86. The lowest BCUT2D eigenvalue weighted by molar-refractivity contribution is 0.318. The van der Waals surface area contributed by atoms with Gasteiger partial charge in [0.2, 0.25) is 0 Å². The van der Waals surface area contributed by atoms with Crippen molar-refractivity contribution in [1.82, 2.24) is 0 Å². The van der Waals surface area contributed by atoms with Crippen molar-refractivity contribution in [2.24, 2.45) is 16.8 Å². The summed E-state index contributed by atoms with van der Waals surface area (Å²) < 4.78 is 0.836. The minimum atomic E-state index is 0.130. The van der Waals surface area contributed by atoms with Crippen LogP contribution in [0.4, 0.5) is 5.69 Å². The molecule has 106 valence electrons. The summed E-state index contributed by atoms with van der Waals surface area (Å²) in [5.74, 6) is 0.726. The first-order valence-corrected chi connectivity index (χ1v) is 7.35. The second-order valence-electron chi connectivity index (χ2n) is 4.67. The van der Waals surface area contributed by atoms with Crippen LogP contribution in [-0.2, 0) is 0 Å². The second kappa shape index (κ2) is 7.38. The molecule has 1 unspecified atom stereocenters. The predicted octanol–water partition coefficient (Wildman–Crippen LogP) is 3.42. The topological polar surface area (TPSA) is 61.8 Å². The highest BCUT2D eigenvalue weighted by Crippen LogP contribution is 2.28. The Hall–Kier alpha value is -1.23. The van der Waals surface area contributed by atoms with Gasteiger partial charge in [-0.05, 0) is 40.9 Å². The van der Waals surface area contributed by atoms with Crippen molar-refractivity contribution >= 4 is 27.5 Å². The van der Waals surface area contributed by atoms with Crippen LogP contribution in [0.2, 0.25) is 0 Å². The maximum Gasteiger partial charge on any atom is 0.173 e. The second-order valence-corrected chi connectivity index (χ2v) is 5.53. The Kier molecular flexibility index (Phi) is 6.15. The number of nitrogens with two attached hydrogens (primary N) is 1. The first kappa shape index (κ1) is 15.8. The van der Waals surface area contributed by atoms with Crippen LogP contribution in [0.5, 0.6) is 0 Å². The number of anilines is 1. The fraction of sp³-hybridized carbons (Fsp3) is 0.500. The fourth-order valence-corrected chi connectivity index (χ4v) is 2.54. The van der Waals surface area contributed by atoms with Gasteiger partial charge < -0.3 is 15.8 Å². The Morgan fingerprint density at radius 3 is 2.68 bits per heavy atom. The third-order valence-corrected chi connectivity index (χ3v) is 3.97. The van der Waals surface area contributed by atoms with Gasteiger partial charge in [-0.3, -0.25) is 0 Å². The molecule has 5 heteroatoms. The highest BCUT2D eigenvalue weighted by Gasteiger charge is 2.17. The molecule has 0 aliphatic carbocycles. The molecule has 19 heavy (non-hydrogen) atoms. The molecule has 0 radical (unpaired) electrons. The van der Waals surface area contributed by atoms with Gasteiger partial charge >= 0.3 is 0 Å². The first-order valence-electron chi connectivity index (χ1n) is 6.56. The summed E-state index contributed by atoms with van der Waals surface area (Å²) in [6.45, 7) is 8.36. The van der Waals surface area contributed by atoms with E-state index in [0.29, 0.717) is 5.92 Å². The molecular formula is C14H22BrN3O. The van der Waals surface area contributed by atoms with E-state index in [1.54, 1.807) is 0 Å². The highest BCUT2D eigenvalue weighted by atomic mass is 79.9. The summed E-state index contributed by atoms with van der Waals surface area (Å²) >= 11 is 3.47. The van der Waals surface area contributed by atoms with E-state index in [9.17, 15) is 0 Å². The molecule has 0 amide bonds. The van der Waals surface area contributed by atoms with Crippen LogP contribution in [0.15, 0.2) is 27.8 Å². The molecule has 0 spiro atoms. The van der Waals surface area contributed by atoms with Crippen LogP contribution in [0.3, 0.4) is 0 Å². The molecule has 1 atom stereocenters. The van der Waals surface area contributed by atoms with E-state index in [0.717, 1.165) is 35.2 Å². The smallest absolute Gasteiger partial charge is 0.173 e. The standard InChI is InChI=1S/C14H22BrN3O/c1-4-10(3)9-18(5-2)12-8-6-7-11(15)13(12)14(16)17-19/h6-8,10,19H,4-5,9H2,1-3H3,(H2,16,17). The van der Waals surface area contributed by atoms with Crippen molar-refractivity contribution in [2.45, 2.75) is 27.2 Å². The third-order valence-electron chi connectivity index (χ3n) is 3.31. The van der Waals surface area contributed by atoms with Crippen LogP contribution in [0, 0.1) is 5.92 Å². The quantitative estimate of drug-likeness (QED) is 0.364. The lowest BCUT2D eigenvalue weighted by Gasteiger charge is -2.28. The van der Waals surface area contributed by atoms with E-state index >= 15 is 0 Å². The molecule has 3 N–H and O–H groups in total. The fourth-order valence-electron chi connectivity index (χ4n) is 1.98. The Labute approximate surface area is 123 Å². The zero-order valence-electron chi connectivity index (χ0n) is 11.7. The SMILES string of the molecule is CCC(C)CN(CC)c1cccc(Br)c1/C(N)=N/O. The first-order chi connectivity index (χ1) is 9.04. The predicted molar refractivity (Wildman–Crippen MR) is 84.0 cm³/mol. The summed E-state index contributed by atoms with van der Waals surface area (Å²) in [6.07, 6.45) is 1.13. The molecule has 0 heterocycles. The number of amidine groups is 1. The Bertz CT molecular complexity index is 448. The van der Waals surface area contributed by atoms with Gasteiger partial charge in [0.15, 0.2) is 5.84 Å². The maximum atomic E-state index is 8.94. The van der Waals surface area contributed by atoms with Crippen molar-refractivity contribution < 1.29 is 5.21 Å². The number of oxime groups is 1. The van der Waals surface area contributed by atoms with E-state index in [2.05, 4.69) is 46.8 Å². The summed E-state index contributed by atoms with van der Waals surface area (Å²) in [5.41, 5.74) is 7.53. The lowest BCUT2D eigenvalue weighted by atomic mass is 10.1. The van der Waals surface area contributed by atoms with Crippen molar-refractivity contribution in [3.63, 3.8) is 0 Å². The maximum absolute atomic E-state index is 8.94. The molecule has 0 aromatic heterocycles.